The molecule has 5 aliphatic carbocycles. The smallest absolute Gasteiger partial charge is 0.310 e. The molecule has 9 unspecified atom stereocenters. The predicted molar refractivity (Wildman–Crippen MR) is 131 cm³/mol. The van der Waals surface area contributed by atoms with Gasteiger partial charge in [0, 0.05) is 0 Å². The van der Waals surface area contributed by atoms with Gasteiger partial charge in [0.1, 0.15) is 0 Å². The lowest BCUT2D eigenvalue weighted by molar-refractivity contribution is -0.264. The minimum absolute atomic E-state index is 0.0182. The molecule has 0 saturated heterocycles. The van der Waals surface area contributed by atoms with Crippen LogP contribution in [-0.4, -0.2) is 11.1 Å². The van der Waals surface area contributed by atoms with Crippen molar-refractivity contribution in [2.24, 2.45) is 63.1 Å². The highest BCUT2D eigenvalue weighted by Crippen LogP contribution is 2.81. The zero-order valence-corrected chi connectivity index (χ0v) is 21.7. The van der Waals surface area contributed by atoms with E-state index in [1.165, 1.54) is 56.9 Å². The van der Waals surface area contributed by atoms with Crippen molar-refractivity contribution >= 4 is 5.97 Å². The van der Waals surface area contributed by atoms with Crippen molar-refractivity contribution in [2.75, 3.05) is 0 Å². The predicted octanol–water partition coefficient (Wildman–Crippen LogP) is 7.97. The van der Waals surface area contributed by atoms with Crippen LogP contribution in [0.1, 0.15) is 106 Å². The molecule has 180 valence electrons. The number of aliphatic carboxylic acids is 1. The van der Waals surface area contributed by atoms with Gasteiger partial charge in [-0.2, -0.15) is 0 Å². The van der Waals surface area contributed by atoms with Crippen molar-refractivity contribution in [2.45, 2.75) is 106 Å². The molecule has 0 spiro atoms. The van der Waals surface area contributed by atoms with Crippen molar-refractivity contribution in [3.63, 3.8) is 0 Å². The first-order valence-corrected chi connectivity index (χ1v) is 13.8. The second-order valence-electron chi connectivity index (χ2n) is 14.1. The van der Waals surface area contributed by atoms with E-state index in [9.17, 15) is 9.90 Å². The second-order valence-corrected chi connectivity index (χ2v) is 14.1. The molecule has 5 fully saturated rings. The van der Waals surface area contributed by atoms with Gasteiger partial charge in [-0.25, -0.2) is 0 Å². The van der Waals surface area contributed by atoms with E-state index in [1.54, 1.807) is 0 Å². The van der Waals surface area contributed by atoms with Crippen molar-refractivity contribution in [1.29, 1.82) is 0 Å². The van der Waals surface area contributed by atoms with E-state index >= 15 is 0 Å². The lowest BCUT2D eigenvalue weighted by Crippen LogP contribution is -2.71. The van der Waals surface area contributed by atoms with Crippen LogP contribution in [0, 0.1) is 63.1 Å². The highest BCUT2D eigenvalue weighted by molar-refractivity contribution is 5.78. The van der Waals surface area contributed by atoms with Gasteiger partial charge in [-0.3, -0.25) is 4.79 Å². The Balaban J connectivity index is 1.66. The Morgan fingerprint density at radius 3 is 2.16 bits per heavy atom. The van der Waals surface area contributed by atoms with Gasteiger partial charge in [0.15, 0.2) is 0 Å². The molecular formula is C30H48O2. The zero-order chi connectivity index (χ0) is 23.3. The summed E-state index contributed by atoms with van der Waals surface area (Å²) in [7, 11) is 0. The molecule has 5 saturated carbocycles. The maximum absolute atomic E-state index is 13.3. The van der Waals surface area contributed by atoms with Crippen LogP contribution in [0.3, 0.4) is 0 Å². The number of hydrogen-bond acceptors (Lipinski definition) is 1. The SMILES string of the molecule is C=C(C)C1CCC2(C(=O)O)C1(C)C1CCC3C4CCCCC4CCC3C1C(C)(C)C2(C)C. The molecule has 5 rings (SSSR count). The minimum Gasteiger partial charge on any atom is -0.481 e. The molecule has 0 heterocycles. The van der Waals surface area contributed by atoms with Gasteiger partial charge in [-0.05, 0) is 110 Å². The van der Waals surface area contributed by atoms with Gasteiger partial charge in [0.05, 0.1) is 5.41 Å². The molecule has 0 aromatic rings. The molecule has 1 N–H and O–H groups in total. The highest BCUT2D eigenvalue weighted by atomic mass is 16.4. The van der Waals surface area contributed by atoms with Crippen LogP contribution in [0.15, 0.2) is 12.2 Å². The lowest BCUT2D eigenvalue weighted by atomic mass is 9.30. The van der Waals surface area contributed by atoms with Gasteiger partial charge in [-0.15, -0.1) is 0 Å². The number of carboxylic acid groups (broad SMARTS) is 1. The number of carbonyl (C=O) groups is 1. The molecule has 32 heavy (non-hydrogen) atoms. The highest BCUT2D eigenvalue weighted by Gasteiger charge is 2.79. The van der Waals surface area contributed by atoms with Gasteiger partial charge >= 0.3 is 5.97 Å². The molecule has 2 nitrogen and oxygen atoms in total. The summed E-state index contributed by atoms with van der Waals surface area (Å²) in [6, 6.07) is 0. The summed E-state index contributed by atoms with van der Waals surface area (Å²) in [4.78, 5) is 13.3. The summed E-state index contributed by atoms with van der Waals surface area (Å²) >= 11 is 0. The van der Waals surface area contributed by atoms with Gasteiger partial charge in [-0.1, -0.05) is 66.0 Å². The molecule has 9 atom stereocenters. The summed E-state index contributed by atoms with van der Waals surface area (Å²) in [5.74, 6) is 4.55. The summed E-state index contributed by atoms with van der Waals surface area (Å²) in [5.41, 5.74) is 0.135. The van der Waals surface area contributed by atoms with Crippen LogP contribution >= 0.6 is 0 Å². The normalized spacial score (nSPS) is 51.0. The summed E-state index contributed by atoms with van der Waals surface area (Å²) < 4.78 is 0. The Hall–Kier alpha value is -0.790. The minimum atomic E-state index is -0.664. The number of hydrogen-bond donors (Lipinski definition) is 1. The van der Waals surface area contributed by atoms with Crippen molar-refractivity contribution in [3.8, 4) is 0 Å². The standard InChI is InChI=1S/C30H48O2/c1-18(2)23-16-17-30(26(31)32)28(5,6)27(3,4)25-22-13-12-19-10-8-9-11-20(19)21(22)14-15-24(25)29(23,30)7/h19-25H,1,8-17H2,2-7H3,(H,31,32). The zero-order valence-electron chi connectivity index (χ0n) is 21.7. The van der Waals surface area contributed by atoms with Crippen molar-refractivity contribution in [1.82, 2.24) is 0 Å². The Bertz CT molecular complexity index is 808. The van der Waals surface area contributed by atoms with E-state index in [0.717, 1.165) is 36.5 Å². The second kappa shape index (κ2) is 7.11. The Morgan fingerprint density at radius 1 is 0.844 bits per heavy atom. The monoisotopic (exact) mass is 440 g/mol. The third-order valence-corrected chi connectivity index (χ3v) is 13.3. The maximum atomic E-state index is 13.3. The first-order valence-electron chi connectivity index (χ1n) is 13.8. The number of fused-ring (bicyclic) bond motifs is 7. The molecule has 2 heteroatoms. The maximum Gasteiger partial charge on any atom is 0.310 e. The Morgan fingerprint density at radius 2 is 1.50 bits per heavy atom. The van der Waals surface area contributed by atoms with E-state index in [0.29, 0.717) is 17.8 Å². The third kappa shape index (κ3) is 2.46. The van der Waals surface area contributed by atoms with E-state index in [4.69, 9.17) is 0 Å². The van der Waals surface area contributed by atoms with Crippen molar-refractivity contribution < 1.29 is 9.90 Å². The fourth-order valence-corrected chi connectivity index (χ4v) is 11.6. The fraction of sp³-hybridized carbons (Fsp3) is 0.900. The van der Waals surface area contributed by atoms with Crippen LogP contribution in [0.25, 0.3) is 0 Å². The molecule has 5 aliphatic rings. The quantitative estimate of drug-likeness (QED) is 0.442. The van der Waals surface area contributed by atoms with E-state index in [2.05, 4.69) is 48.1 Å². The van der Waals surface area contributed by atoms with Crippen LogP contribution in [0.5, 0.6) is 0 Å². The first-order chi connectivity index (χ1) is 14.9. The average Bonchev–Trinajstić information content (AvgIpc) is 3.07. The topological polar surface area (TPSA) is 37.3 Å². The lowest BCUT2D eigenvalue weighted by Gasteiger charge is -2.73. The fourth-order valence-electron chi connectivity index (χ4n) is 11.6. The van der Waals surface area contributed by atoms with Crippen LogP contribution in [0.2, 0.25) is 0 Å². The molecule has 0 amide bonds. The molecule has 0 radical (unpaired) electrons. The largest absolute Gasteiger partial charge is 0.481 e. The van der Waals surface area contributed by atoms with Crippen LogP contribution < -0.4 is 0 Å². The molecule has 0 aliphatic heterocycles. The molecule has 0 aromatic carbocycles. The summed E-state index contributed by atoms with van der Waals surface area (Å²) in [6.45, 7) is 18.6. The van der Waals surface area contributed by atoms with Crippen LogP contribution in [0.4, 0.5) is 0 Å². The third-order valence-electron chi connectivity index (χ3n) is 13.3. The van der Waals surface area contributed by atoms with Gasteiger partial charge < -0.3 is 5.11 Å². The van der Waals surface area contributed by atoms with Crippen LogP contribution in [-0.2, 0) is 4.79 Å². The molecule has 0 bridgehead atoms. The Kier molecular flexibility index (Phi) is 5.10. The average molecular weight is 441 g/mol. The van der Waals surface area contributed by atoms with E-state index in [1.807, 2.05) is 0 Å². The molecular weight excluding hydrogens is 392 g/mol. The summed E-state index contributed by atoms with van der Waals surface area (Å²) in [6.07, 6.45) is 13.0. The first kappa shape index (κ1) is 23.0. The number of rotatable bonds is 2. The number of carboxylic acids is 1. The van der Waals surface area contributed by atoms with E-state index in [-0.39, 0.29) is 16.2 Å². The van der Waals surface area contributed by atoms with E-state index < -0.39 is 11.4 Å². The van der Waals surface area contributed by atoms with Gasteiger partial charge in [0.25, 0.3) is 0 Å². The van der Waals surface area contributed by atoms with Crippen molar-refractivity contribution in [3.05, 3.63) is 12.2 Å². The Labute approximate surface area is 197 Å². The molecule has 0 aromatic heterocycles. The number of allylic oxidation sites excluding steroid dienone is 1. The summed E-state index contributed by atoms with van der Waals surface area (Å²) in [5, 5.41) is 11.0. The van der Waals surface area contributed by atoms with Gasteiger partial charge in [0.2, 0.25) is 0 Å².